The van der Waals surface area contributed by atoms with Crippen molar-refractivity contribution in [2.24, 2.45) is 0 Å². The molecule has 1 unspecified atom stereocenters. The van der Waals surface area contributed by atoms with Crippen molar-refractivity contribution in [1.82, 2.24) is 15.3 Å². The smallest absolute Gasteiger partial charge is 0.230 e. The topological polar surface area (TPSA) is 57.8 Å². The lowest BCUT2D eigenvalue weighted by Crippen LogP contribution is -2.27. The molecule has 0 bridgehead atoms. The highest BCUT2D eigenvalue weighted by Crippen LogP contribution is 2.22. The van der Waals surface area contributed by atoms with Crippen LogP contribution in [-0.2, 0) is 4.79 Å². The Morgan fingerprint density at radius 2 is 2.17 bits per heavy atom. The summed E-state index contributed by atoms with van der Waals surface area (Å²) in [6, 6.07) is 10.2. The molecule has 3 aromatic rings. The number of hydrogen-bond donors (Lipinski definition) is 2. The van der Waals surface area contributed by atoms with Crippen LogP contribution in [0.3, 0.4) is 0 Å². The van der Waals surface area contributed by atoms with Crippen LogP contribution in [0.25, 0.3) is 11.3 Å². The van der Waals surface area contributed by atoms with Crippen molar-refractivity contribution in [1.29, 1.82) is 0 Å². The van der Waals surface area contributed by atoms with Crippen LogP contribution in [0.4, 0.5) is 4.39 Å². The molecule has 24 heavy (non-hydrogen) atoms. The average Bonchev–Trinajstić information content (AvgIpc) is 3.25. The van der Waals surface area contributed by atoms with Gasteiger partial charge in [0.15, 0.2) is 5.16 Å². The molecule has 0 spiro atoms. The molecule has 2 N–H and O–H groups in total. The van der Waals surface area contributed by atoms with Crippen LogP contribution in [0.15, 0.2) is 53.1 Å². The van der Waals surface area contributed by atoms with E-state index in [4.69, 9.17) is 0 Å². The minimum absolute atomic E-state index is 0.00415. The number of benzene rings is 1. The molecule has 124 valence electrons. The van der Waals surface area contributed by atoms with E-state index in [-0.39, 0.29) is 23.5 Å². The second kappa shape index (κ2) is 7.63. The first kappa shape index (κ1) is 16.7. The second-order valence-electron chi connectivity index (χ2n) is 5.20. The summed E-state index contributed by atoms with van der Waals surface area (Å²) in [4.78, 5) is 20.5. The number of amides is 1. The quantitative estimate of drug-likeness (QED) is 0.646. The van der Waals surface area contributed by atoms with E-state index in [0.717, 1.165) is 16.1 Å². The van der Waals surface area contributed by atoms with Crippen LogP contribution in [-0.4, -0.2) is 21.6 Å². The molecule has 0 saturated carbocycles. The zero-order chi connectivity index (χ0) is 16.9. The van der Waals surface area contributed by atoms with Gasteiger partial charge in [-0.2, -0.15) is 0 Å². The maximum atomic E-state index is 12.9. The number of nitrogens with one attached hydrogen (secondary N) is 2. The minimum atomic E-state index is -0.274. The Morgan fingerprint density at radius 3 is 2.88 bits per heavy atom. The molecule has 1 amide bonds. The predicted octanol–water partition coefficient (Wildman–Crippen LogP) is 4.25. The molecule has 0 aliphatic carbocycles. The monoisotopic (exact) mass is 361 g/mol. The Hall–Kier alpha value is -2.12. The van der Waals surface area contributed by atoms with Crippen LogP contribution >= 0.6 is 23.1 Å². The van der Waals surface area contributed by atoms with Crippen LogP contribution in [0.2, 0.25) is 0 Å². The second-order valence-corrected chi connectivity index (χ2v) is 7.15. The Kier molecular flexibility index (Phi) is 5.32. The van der Waals surface area contributed by atoms with E-state index in [1.165, 1.54) is 23.9 Å². The lowest BCUT2D eigenvalue weighted by atomic mass is 10.2. The fraction of sp³-hybridized carbons (Fsp3) is 0.176. The van der Waals surface area contributed by atoms with Crippen molar-refractivity contribution in [2.75, 3.05) is 5.75 Å². The lowest BCUT2D eigenvalue weighted by molar-refractivity contribution is -0.119. The van der Waals surface area contributed by atoms with Crippen molar-refractivity contribution in [2.45, 2.75) is 18.1 Å². The molecule has 2 heterocycles. The number of hydrogen-bond acceptors (Lipinski definition) is 4. The SMILES string of the molecule is CC(NC(=O)CSc1ncc(-c2ccc(F)cc2)[nH]1)c1cccs1. The van der Waals surface area contributed by atoms with Gasteiger partial charge in [0.1, 0.15) is 5.82 Å². The Bertz CT molecular complexity index is 800. The largest absolute Gasteiger partial charge is 0.348 e. The van der Waals surface area contributed by atoms with Gasteiger partial charge in [0, 0.05) is 4.88 Å². The Labute approximate surface area is 147 Å². The van der Waals surface area contributed by atoms with E-state index in [1.54, 1.807) is 29.7 Å². The van der Waals surface area contributed by atoms with Crippen molar-refractivity contribution >= 4 is 29.0 Å². The van der Waals surface area contributed by atoms with Gasteiger partial charge in [-0.15, -0.1) is 11.3 Å². The van der Waals surface area contributed by atoms with Crippen LogP contribution < -0.4 is 5.32 Å². The number of carbonyl (C=O) groups excluding carboxylic acids is 1. The molecule has 0 fully saturated rings. The van der Waals surface area contributed by atoms with Gasteiger partial charge >= 0.3 is 0 Å². The van der Waals surface area contributed by atoms with Gasteiger partial charge in [-0.1, -0.05) is 17.8 Å². The van der Waals surface area contributed by atoms with Crippen molar-refractivity contribution in [3.63, 3.8) is 0 Å². The summed E-state index contributed by atoms with van der Waals surface area (Å²) in [5.74, 6) is -0.0310. The molecular weight excluding hydrogens is 345 g/mol. The number of H-pyrrole nitrogens is 1. The number of aromatic amines is 1. The molecule has 1 atom stereocenters. The molecule has 1 aromatic carbocycles. The molecular formula is C17H16FN3OS2. The number of thioether (sulfide) groups is 1. The molecule has 0 aliphatic rings. The van der Waals surface area contributed by atoms with Crippen molar-refractivity contribution in [3.8, 4) is 11.3 Å². The minimum Gasteiger partial charge on any atom is -0.348 e. The molecule has 7 heteroatoms. The van der Waals surface area contributed by atoms with E-state index < -0.39 is 0 Å². The summed E-state index contributed by atoms with van der Waals surface area (Å²) in [5.41, 5.74) is 1.65. The number of carbonyl (C=O) groups is 1. The summed E-state index contributed by atoms with van der Waals surface area (Å²) >= 11 is 2.96. The summed E-state index contributed by atoms with van der Waals surface area (Å²) in [6.07, 6.45) is 1.68. The number of halogens is 1. The third-order valence-electron chi connectivity index (χ3n) is 3.40. The number of imidazole rings is 1. The van der Waals surface area contributed by atoms with Gasteiger partial charge in [-0.05, 0) is 48.2 Å². The normalized spacial score (nSPS) is 12.1. The number of aromatic nitrogens is 2. The first-order chi connectivity index (χ1) is 11.6. The molecule has 0 radical (unpaired) electrons. The van der Waals surface area contributed by atoms with Gasteiger partial charge < -0.3 is 10.3 Å². The van der Waals surface area contributed by atoms with Crippen molar-refractivity contribution in [3.05, 3.63) is 58.7 Å². The van der Waals surface area contributed by atoms with Gasteiger partial charge in [0.25, 0.3) is 0 Å². The van der Waals surface area contributed by atoms with Gasteiger partial charge in [0.2, 0.25) is 5.91 Å². The zero-order valence-electron chi connectivity index (χ0n) is 13.0. The highest BCUT2D eigenvalue weighted by molar-refractivity contribution is 7.99. The summed E-state index contributed by atoms with van der Waals surface area (Å²) in [7, 11) is 0. The zero-order valence-corrected chi connectivity index (χ0v) is 14.6. The van der Waals surface area contributed by atoms with Crippen LogP contribution in [0, 0.1) is 5.82 Å². The Morgan fingerprint density at radius 1 is 1.38 bits per heavy atom. The highest BCUT2D eigenvalue weighted by Gasteiger charge is 2.12. The third kappa shape index (κ3) is 4.24. The van der Waals surface area contributed by atoms with Gasteiger partial charge in [-0.25, -0.2) is 9.37 Å². The molecule has 2 aromatic heterocycles. The van der Waals surface area contributed by atoms with E-state index in [9.17, 15) is 9.18 Å². The first-order valence-electron chi connectivity index (χ1n) is 7.38. The van der Waals surface area contributed by atoms with E-state index >= 15 is 0 Å². The van der Waals surface area contributed by atoms with E-state index in [0.29, 0.717) is 5.16 Å². The fourth-order valence-corrected chi connectivity index (χ4v) is 3.57. The molecule has 3 rings (SSSR count). The summed E-state index contributed by atoms with van der Waals surface area (Å²) in [5, 5.41) is 5.62. The Balaban J connectivity index is 1.53. The van der Waals surface area contributed by atoms with Crippen LogP contribution in [0.5, 0.6) is 0 Å². The standard InChI is InChI=1S/C17H16FN3OS2/c1-11(15-3-2-8-23-15)20-16(22)10-24-17-19-9-14(21-17)12-4-6-13(18)7-5-12/h2-9,11H,10H2,1H3,(H,19,21)(H,20,22). The van der Waals surface area contributed by atoms with Gasteiger partial charge in [-0.3, -0.25) is 4.79 Å². The van der Waals surface area contributed by atoms with Gasteiger partial charge in [0.05, 0.1) is 23.7 Å². The maximum absolute atomic E-state index is 12.9. The van der Waals surface area contributed by atoms with Crippen LogP contribution in [0.1, 0.15) is 17.8 Å². The average molecular weight is 361 g/mol. The van der Waals surface area contributed by atoms with Crippen molar-refractivity contribution < 1.29 is 9.18 Å². The molecule has 4 nitrogen and oxygen atoms in total. The molecule has 0 saturated heterocycles. The maximum Gasteiger partial charge on any atom is 0.230 e. The highest BCUT2D eigenvalue weighted by atomic mass is 32.2. The van der Waals surface area contributed by atoms with E-state index in [2.05, 4.69) is 15.3 Å². The first-order valence-corrected chi connectivity index (χ1v) is 9.25. The van der Waals surface area contributed by atoms with E-state index in [1.807, 2.05) is 24.4 Å². The number of thiophene rings is 1. The number of nitrogens with zero attached hydrogens (tertiary/aromatic N) is 1. The fourth-order valence-electron chi connectivity index (χ4n) is 2.18. The molecule has 0 aliphatic heterocycles. The lowest BCUT2D eigenvalue weighted by Gasteiger charge is -2.11. The summed E-state index contributed by atoms with van der Waals surface area (Å²) in [6.45, 7) is 1.97. The third-order valence-corrected chi connectivity index (χ3v) is 5.34. The summed E-state index contributed by atoms with van der Waals surface area (Å²) < 4.78 is 12.9. The predicted molar refractivity (Wildman–Crippen MR) is 95.6 cm³/mol. The number of rotatable bonds is 6.